The Kier molecular flexibility index (Phi) is 5.79. The summed E-state index contributed by atoms with van der Waals surface area (Å²) in [7, 11) is 0. The first-order valence-electron chi connectivity index (χ1n) is 7.98. The third kappa shape index (κ3) is 4.06. The third-order valence-electron chi connectivity index (χ3n) is 3.43. The van der Waals surface area contributed by atoms with Gasteiger partial charge in [0.1, 0.15) is 10.6 Å². The average Bonchev–Trinajstić information content (AvgIpc) is 2.88. The lowest BCUT2D eigenvalue weighted by Gasteiger charge is -2.15. The molecule has 5 heteroatoms. The summed E-state index contributed by atoms with van der Waals surface area (Å²) in [5.74, 6) is 1.70. The van der Waals surface area contributed by atoms with Crippen LogP contribution in [0.5, 0.6) is 0 Å². The number of rotatable bonds is 8. The molecule has 0 spiro atoms. The van der Waals surface area contributed by atoms with Crippen LogP contribution in [0.4, 0.5) is 11.8 Å². The quantitative estimate of drug-likeness (QED) is 0.743. The Balaban J connectivity index is 2.35. The van der Waals surface area contributed by atoms with Gasteiger partial charge in [0.2, 0.25) is 5.95 Å². The molecule has 21 heavy (non-hydrogen) atoms. The number of nitrogens with one attached hydrogen (secondary N) is 2. The fourth-order valence-corrected chi connectivity index (χ4v) is 3.28. The Morgan fingerprint density at radius 1 is 1.19 bits per heavy atom. The van der Waals surface area contributed by atoms with Gasteiger partial charge in [-0.25, -0.2) is 4.98 Å². The predicted octanol–water partition coefficient (Wildman–Crippen LogP) is 4.68. The van der Waals surface area contributed by atoms with Gasteiger partial charge in [-0.3, -0.25) is 0 Å². The molecule has 0 saturated heterocycles. The summed E-state index contributed by atoms with van der Waals surface area (Å²) in [5.41, 5.74) is 0. The summed E-state index contributed by atoms with van der Waals surface area (Å²) in [6.07, 6.45) is 4.44. The van der Waals surface area contributed by atoms with Gasteiger partial charge in [0.25, 0.3) is 0 Å². The molecule has 116 valence electrons. The molecule has 0 aliphatic carbocycles. The van der Waals surface area contributed by atoms with Crippen molar-refractivity contribution < 1.29 is 0 Å². The SMILES string of the molecule is CCCNc1nc(NC(C)CCC)c2cc(CC)sc2n1. The van der Waals surface area contributed by atoms with Gasteiger partial charge >= 0.3 is 0 Å². The first-order valence-corrected chi connectivity index (χ1v) is 8.80. The van der Waals surface area contributed by atoms with Gasteiger partial charge in [0.05, 0.1) is 5.39 Å². The van der Waals surface area contributed by atoms with Crippen molar-refractivity contribution in [3.63, 3.8) is 0 Å². The molecule has 2 N–H and O–H groups in total. The van der Waals surface area contributed by atoms with Crippen LogP contribution in [-0.4, -0.2) is 22.6 Å². The van der Waals surface area contributed by atoms with Crippen molar-refractivity contribution in [3.8, 4) is 0 Å². The van der Waals surface area contributed by atoms with Gasteiger partial charge in [0, 0.05) is 17.5 Å². The zero-order valence-corrected chi connectivity index (χ0v) is 14.3. The predicted molar refractivity (Wildman–Crippen MR) is 93.6 cm³/mol. The molecule has 2 heterocycles. The molecular weight excluding hydrogens is 280 g/mol. The van der Waals surface area contributed by atoms with Crippen molar-refractivity contribution in [1.29, 1.82) is 0 Å². The Labute approximate surface area is 131 Å². The second-order valence-electron chi connectivity index (χ2n) is 5.44. The van der Waals surface area contributed by atoms with E-state index in [0.29, 0.717) is 6.04 Å². The van der Waals surface area contributed by atoms with Crippen molar-refractivity contribution in [2.75, 3.05) is 17.2 Å². The fraction of sp³-hybridized carbons (Fsp3) is 0.625. The summed E-state index contributed by atoms with van der Waals surface area (Å²) >= 11 is 1.77. The van der Waals surface area contributed by atoms with E-state index in [1.807, 2.05) is 0 Å². The Bertz CT molecular complexity index is 579. The van der Waals surface area contributed by atoms with Crippen LogP contribution in [0.2, 0.25) is 0 Å². The second kappa shape index (κ2) is 7.59. The topological polar surface area (TPSA) is 49.8 Å². The largest absolute Gasteiger partial charge is 0.367 e. The highest BCUT2D eigenvalue weighted by molar-refractivity contribution is 7.18. The zero-order valence-electron chi connectivity index (χ0n) is 13.5. The maximum atomic E-state index is 4.68. The van der Waals surface area contributed by atoms with E-state index in [9.17, 15) is 0 Å². The van der Waals surface area contributed by atoms with Crippen molar-refractivity contribution in [3.05, 3.63) is 10.9 Å². The molecule has 4 nitrogen and oxygen atoms in total. The van der Waals surface area contributed by atoms with Crippen LogP contribution in [0.3, 0.4) is 0 Å². The van der Waals surface area contributed by atoms with Gasteiger partial charge in [-0.15, -0.1) is 11.3 Å². The second-order valence-corrected chi connectivity index (χ2v) is 6.56. The molecule has 0 saturated carbocycles. The van der Waals surface area contributed by atoms with Crippen LogP contribution in [0.1, 0.15) is 51.8 Å². The summed E-state index contributed by atoms with van der Waals surface area (Å²) in [6, 6.07) is 2.65. The van der Waals surface area contributed by atoms with Crippen molar-refractivity contribution in [1.82, 2.24) is 9.97 Å². The number of hydrogen-bond acceptors (Lipinski definition) is 5. The lowest BCUT2D eigenvalue weighted by atomic mass is 10.2. The standard InChI is InChI=1S/C16H26N4S/c1-5-8-11(4)18-14-13-10-12(7-3)21-15(13)20-16(19-14)17-9-6-2/h10-11H,5-9H2,1-4H3,(H2,17,18,19,20). The zero-order chi connectivity index (χ0) is 15.2. The third-order valence-corrected chi connectivity index (χ3v) is 4.60. The number of hydrogen-bond donors (Lipinski definition) is 2. The lowest BCUT2D eigenvalue weighted by molar-refractivity contribution is 0.688. The van der Waals surface area contributed by atoms with E-state index in [0.717, 1.165) is 47.8 Å². The Hall–Kier alpha value is -1.36. The van der Waals surface area contributed by atoms with Crippen LogP contribution in [-0.2, 0) is 6.42 Å². The first-order chi connectivity index (χ1) is 10.2. The fourth-order valence-electron chi connectivity index (χ4n) is 2.31. The van der Waals surface area contributed by atoms with Gasteiger partial charge in [-0.1, -0.05) is 27.2 Å². The highest BCUT2D eigenvalue weighted by atomic mass is 32.1. The number of nitrogens with zero attached hydrogens (tertiary/aromatic N) is 2. The van der Waals surface area contributed by atoms with E-state index in [1.54, 1.807) is 11.3 Å². The van der Waals surface area contributed by atoms with Crippen LogP contribution in [0.25, 0.3) is 10.2 Å². The minimum absolute atomic E-state index is 0.428. The molecule has 0 radical (unpaired) electrons. The Morgan fingerprint density at radius 2 is 2.00 bits per heavy atom. The molecule has 0 aromatic carbocycles. The highest BCUT2D eigenvalue weighted by Crippen LogP contribution is 2.31. The summed E-state index contributed by atoms with van der Waals surface area (Å²) in [4.78, 5) is 11.8. The molecule has 1 atom stereocenters. The monoisotopic (exact) mass is 306 g/mol. The van der Waals surface area contributed by atoms with E-state index < -0.39 is 0 Å². The van der Waals surface area contributed by atoms with E-state index in [2.05, 4.69) is 54.4 Å². The molecular formula is C16H26N4S. The maximum absolute atomic E-state index is 4.68. The first kappa shape index (κ1) is 16.0. The van der Waals surface area contributed by atoms with Gasteiger partial charge < -0.3 is 10.6 Å². The summed E-state index contributed by atoms with van der Waals surface area (Å²) in [5, 5.41) is 8.01. The normalized spacial score (nSPS) is 12.6. The van der Waals surface area contributed by atoms with Crippen LogP contribution in [0.15, 0.2) is 6.07 Å². The summed E-state index contributed by atoms with van der Waals surface area (Å²) in [6.45, 7) is 9.66. The molecule has 0 aliphatic heterocycles. The smallest absolute Gasteiger partial charge is 0.226 e. The number of aromatic nitrogens is 2. The minimum Gasteiger partial charge on any atom is -0.367 e. The number of aryl methyl sites for hydroxylation is 1. The lowest BCUT2D eigenvalue weighted by Crippen LogP contribution is -2.16. The molecule has 0 aliphatic rings. The molecule has 0 fully saturated rings. The molecule has 2 aromatic rings. The van der Waals surface area contributed by atoms with E-state index in [1.165, 1.54) is 11.3 Å². The van der Waals surface area contributed by atoms with Crippen LogP contribution >= 0.6 is 11.3 Å². The van der Waals surface area contributed by atoms with E-state index in [-0.39, 0.29) is 0 Å². The van der Waals surface area contributed by atoms with Gasteiger partial charge in [0.15, 0.2) is 0 Å². The highest BCUT2D eigenvalue weighted by Gasteiger charge is 2.13. The van der Waals surface area contributed by atoms with Gasteiger partial charge in [-0.05, 0) is 32.3 Å². The summed E-state index contributed by atoms with van der Waals surface area (Å²) < 4.78 is 0. The van der Waals surface area contributed by atoms with Crippen molar-refractivity contribution >= 4 is 33.3 Å². The van der Waals surface area contributed by atoms with Crippen LogP contribution < -0.4 is 10.6 Å². The van der Waals surface area contributed by atoms with Crippen LogP contribution in [0, 0.1) is 0 Å². The molecule has 0 amide bonds. The average molecular weight is 306 g/mol. The molecule has 2 rings (SSSR count). The minimum atomic E-state index is 0.428. The Morgan fingerprint density at radius 3 is 2.67 bits per heavy atom. The van der Waals surface area contributed by atoms with E-state index >= 15 is 0 Å². The van der Waals surface area contributed by atoms with Crippen molar-refractivity contribution in [2.24, 2.45) is 0 Å². The molecule has 1 unspecified atom stereocenters. The van der Waals surface area contributed by atoms with Crippen molar-refractivity contribution in [2.45, 2.75) is 59.4 Å². The van der Waals surface area contributed by atoms with E-state index in [4.69, 9.17) is 0 Å². The molecule has 2 aromatic heterocycles. The maximum Gasteiger partial charge on any atom is 0.226 e. The molecule has 0 bridgehead atoms. The number of thiophene rings is 1. The number of fused-ring (bicyclic) bond motifs is 1. The number of anilines is 2. The van der Waals surface area contributed by atoms with Gasteiger partial charge in [-0.2, -0.15) is 4.98 Å².